The lowest BCUT2D eigenvalue weighted by atomic mass is 10.0. The molecule has 1 aromatic carbocycles. The van der Waals surface area contributed by atoms with Crippen LogP contribution < -0.4 is 9.80 Å². The number of alkyl halides is 3. The van der Waals surface area contributed by atoms with Crippen molar-refractivity contribution in [2.45, 2.75) is 50.4 Å². The fraction of sp³-hybridized carbons (Fsp3) is 0.409. The number of anilines is 2. The molecule has 0 unspecified atom stereocenters. The van der Waals surface area contributed by atoms with Gasteiger partial charge < -0.3 is 14.4 Å². The minimum Gasteiger partial charge on any atom is -0.365 e. The maximum absolute atomic E-state index is 13.2. The van der Waals surface area contributed by atoms with E-state index in [-0.39, 0.29) is 6.04 Å². The van der Waals surface area contributed by atoms with Crippen molar-refractivity contribution >= 4 is 23.3 Å². The fourth-order valence-corrected chi connectivity index (χ4v) is 4.84. The van der Waals surface area contributed by atoms with Crippen LogP contribution >= 0.6 is 11.8 Å². The third-order valence-electron chi connectivity index (χ3n) is 6.14. The Morgan fingerprint density at radius 2 is 2.00 bits per heavy atom. The number of nitrogens with zero attached hydrogens (tertiary/aromatic N) is 6. The zero-order valence-electron chi connectivity index (χ0n) is 17.8. The van der Waals surface area contributed by atoms with Gasteiger partial charge in [-0.15, -0.1) is 0 Å². The smallest absolute Gasteiger partial charge is 0.365 e. The number of aromatic nitrogens is 4. The van der Waals surface area contributed by atoms with Crippen LogP contribution in [0, 0.1) is 0 Å². The van der Waals surface area contributed by atoms with E-state index in [9.17, 15) is 13.2 Å². The lowest BCUT2D eigenvalue weighted by molar-refractivity contribution is -0.137. The molecule has 5 rings (SSSR count). The molecule has 6 nitrogen and oxygen atoms in total. The van der Waals surface area contributed by atoms with E-state index < -0.39 is 11.7 Å². The molecule has 0 saturated carbocycles. The Kier molecular flexibility index (Phi) is 5.27. The number of rotatable bonds is 3. The van der Waals surface area contributed by atoms with Crippen molar-refractivity contribution in [2.75, 3.05) is 22.6 Å². The molecule has 0 spiro atoms. The second-order valence-corrected chi connectivity index (χ2v) is 8.97. The van der Waals surface area contributed by atoms with Gasteiger partial charge in [0.05, 0.1) is 36.4 Å². The predicted molar refractivity (Wildman–Crippen MR) is 118 cm³/mol. The van der Waals surface area contributed by atoms with E-state index in [0.29, 0.717) is 30.4 Å². The van der Waals surface area contributed by atoms with E-state index in [0.717, 1.165) is 41.9 Å². The normalized spacial score (nSPS) is 18.5. The van der Waals surface area contributed by atoms with Gasteiger partial charge in [-0.05, 0) is 37.8 Å². The molecule has 0 amide bonds. The van der Waals surface area contributed by atoms with Gasteiger partial charge in [-0.2, -0.15) is 13.2 Å². The molecule has 3 aromatic rings. The monoisotopic (exact) mass is 460 g/mol. The fourth-order valence-electron chi connectivity index (χ4n) is 4.46. The van der Waals surface area contributed by atoms with Gasteiger partial charge in [-0.25, -0.2) is 15.0 Å². The highest BCUT2D eigenvalue weighted by Crippen LogP contribution is 2.36. The zero-order valence-corrected chi connectivity index (χ0v) is 18.6. The van der Waals surface area contributed by atoms with Gasteiger partial charge >= 0.3 is 6.18 Å². The van der Waals surface area contributed by atoms with E-state index in [1.807, 2.05) is 23.7 Å². The standard InChI is InChI=1S/C22H23F3N6S/c1-14-10-30-13-26-9-17(30)11-31(14)20-18-6-7-29(12-19(18)27-21(28-20)32-2)16-5-3-4-15(8-16)22(23,24)25/h3-5,8-9,13-14H,6-7,10-12H2,1-2H3/t14-/m1/s1. The minimum atomic E-state index is -4.36. The van der Waals surface area contributed by atoms with Crippen LogP contribution in [-0.4, -0.2) is 38.4 Å². The third-order valence-corrected chi connectivity index (χ3v) is 6.69. The second kappa shape index (κ2) is 7.99. The van der Waals surface area contributed by atoms with Gasteiger partial charge in [0, 0.05) is 36.6 Å². The molecule has 10 heteroatoms. The Morgan fingerprint density at radius 1 is 1.16 bits per heavy atom. The summed E-state index contributed by atoms with van der Waals surface area (Å²) in [6.07, 6.45) is 2.00. The van der Waals surface area contributed by atoms with Crippen LogP contribution in [0.1, 0.15) is 29.4 Å². The Balaban J connectivity index is 1.49. The molecular formula is C22H23F3N6S. The minimum absolute atomic E-state index is 0.243. The first-order valence-corrected chi connectivity index (χ1v) is 11.7. The first-order chi connectivity index (χ1) is 15.3. The van der Waals surface area contributed by atoms with Crippen molar-refractivity contribution in [2.24, 2.45) is 0 Å². The van der Waals surface area contributed by atoms with Crippen molar-refractivity contribution in [1.82, 2.24) is 19.5 Å². The molecule has 2 aromatic heterocycles. The molecule has 0 radical (unpaired) electrons. The Labute approximate surface area is 188 Å². The van der Waals surface area contributed by atoms with E-state index in [1.165, 1.54) is 23.9 Å². The molecule has 32 heavy (non-hydrogen) atoms. The van der Waals surface area contributed by atoms with E-state index in [2.05, 4.69) is 21.4 Å². The summed E-state index contributed by atoms with van der Waals surface area (Å²) in [5.41, 5.74) is 3.04. The van der Waals surface area contributed by atoms with Crippen LogP contribution in [0.15, 0.2) is 41.9 Å². The van der Waals surface area contributed by atoms with Crippen LogP contribution in [0.25, 0.3) is 0 Å². The van der Waals surface area contributed by atoms with Crippen molar-refractivity contribution in [3.05, 3.63) is 59.3 Å². The summed E-state index contributed by atoms with van der Waals surface area (Å²) in [6.45, 7) is 4.80. The van der Waals surface area contributed by atoms with Crippen LogP contribution in [0.3, 0.4) is 0 Å². The molecule has 0 N–H and O–H groups in total. The quantitative estimate of drug-likeness (QED) is 0.427. The van der Waals surface area contributed by atoms with Crippen molar-refractivity contribution < 1.29 is 13.2 Å². The number of imidazole rings is 1. The summed E-state index contributed by atoms with van der Waals surface area (Å²) in [5, 5.41) is 0.677. The average Bonchev–Trinajstić information content (AvgIpc) is 3.24. The molecule has 0 aliphatic carbocycles. The lowest BCUT2D eigenvalue weighted by Gasteiger charge is -2.38. The number of hydrogen-bond acceptors (Lipinski definition) is 6. The van der Waals surface area contributed by atoms with Crippen LogP contribution in [0.4, 0.5) is 24.7 Å². The zero-order chi connectivity index (χ0) is 22.5. The number of halogens is 3. The Bertz CT molecular complexity index is 1140. The van der Waals surface area contributed by atoms with Gasteiger partial charge in [-0.3, -0.25) is 0 Å². The summed E-state index contributed by atoms with van der Waals surface area (Å²) in [6, 6.07) is 5.76. The Hall–Kier alpha value is -2.75. The molecule has 0 fully saturated rings. The number of benzene rings is 1. The van der Waals surface area contributed by atoms with Gasteiger partial charge in [0.2, 0.25) is 0 Å². The van der Waals surface area contributed by atoms with Gasteiger partial charge in [0.15, 0.2) is 5.16 Å². The number of fused-ring (bicyclic) bond motifs is 2. The van der Waals surface area contributed by atoms with E-state index >= 15 is 0 Å². The topological polar surface area (TPSA) is 50.1 Å². The Morgan fingerprint density at radius 3 is 2.78 bits per heavy atom. The maximum Gasteiger partial charge on any atom is 0.416 e. The first kappa shape index (κ1) is 21.1. The van der Waals surface area contributed by atoms with Gasteiger partial charge in [0.25, 0.3) is 0 Å². The van der Waals surface area contributed by atoms with Crippen molar-refractivity contribution in [3.8, 4) is 0 Å². The average molecular weight is 461 g/mol. The summed E-state index contributed by atoms with van der Waals surface area (Å²) in [7, 11) is 0. The van der Waals surface area contributed by atoms with Crippen molar-refractivity contribution in [1.29, 1.82) is 0 Å². The first-order valence-electron chi connectivity index (χ1n) is 10.4. The van der Waals surface area contributed by atoms with Gasteiger partial charge in [0.1, 0.15) is 5.82 Å². The maximum atomic E-state index is 13.2. The molecule has 4 heterocycles. The number of thioether (sulfide) groups is 1. The highest BCUT2D eigenvalue weighted by molar-refractivity contribution is 7.98. The predicted octanol–water partition coefficient (Wildman–Crippen LogP) is 4.39. The second-order valence-electron chi connectivity index (χ2n) is 8.19. The largest absolute Gasteiger partial charge is 0.416 e. The summed E-state index contributed by atoms with van der Waals surface area (Å²) in [5.74, 6) is 0.933. The van der Waals surface area contributed by atoms with Crippen LogP contribution in [0.2, 0.25) is 0 Å². The lowest BCUT2D eigenvalue weighted by Crippen LogP contribution is -2.43. The highest BCUT2D eigenvalue weighted by atomic mass is 32.2. The molecule has 0 saturated heterocycles. The SMILES string of the molecule is CSc1nc2c(c(N3Cc4cncn4C[C@H]3C)n1)CCN(c1cccc(C(F)(F)F)c1)C2. The molecular weight excluding hydrogens is 437 g/mol. The molecule has 168 valence electrons. The molecule has 0 bridgehead atoms. The third kappa shape index (κ3) is 3.80. The van der Waals surface area contributed by atoms with E-state index in [1.54, 1.807) is 6.07 Å². The molecule has 1 atom stereocenters. The highest BCUT2D eigenvalue weighted by Gasteiger charge is 2.33. The van der Waals surface area contributed by atoms with Crippen molar-refractivity contribution in [3.63, 3.8) is 0 Å². The summed E-state index contributed by atoms with van der Waals surface area (Å²) >= 11 is 1.48. The van der Waals surface area contributed by atoms with E-state index in [4.69, 9.17) is 9.97 Å². The summed E-state index contributed by atoms with van der Waals surface area (Å²) in [4.78, 5) is 18.1. The summed E-state index contributed by atoms with van der Waals surface area (Å²) < 4.78 is 41.8. The number of hydrogen-bond donors (Lipinski definition) is 0. The molecule has 2 aliphatic rings. The van der Waals surface area contributed by atoms with Crippen LogP contribution in [-0.2, 0) is 32.2 Å². The van der Waals surface area contributed by atoms with Crippen LogP contribution in [0.5, 0.6) is 0 Å². The molecule has 2 aliphatic heterocycles. The van der Waals surface area contributed by atoms with Gasteiger partial charge in [-0.1, -0.05) is 17.8 Å².